The third kappa shape index (κ3) is 7.38. The molecule has 0 saturated carbocycles. The molecule has 0 radical (unpaired) electrons. The van der Waals surface area contributed by atoms with Crippen LogP contribution in [-0.4, -0.2) is 58.3 Å². The zero-order valence-electron chi connectivity index (χ0n) is 22.1. The van der Waals surface area contributed by atoms with E-state index < -0.39 is 0 Å². The SMILES string of the molecule is CCC(=O)CCCCC[C@H](NC(=O)CN1CCCCC1)c1ncc(-c2cc(OC)c3ccccc3n2)[nH]1. The molecule has 2 aromatic heterocycles. The third-order valence-electron chi connectivity index (χ3n) is 7.09. The number of Topliss-reactive ketones (excluding diaryl/α,β-unsaturated/α-hetero) is 1. The maximum Gasteiger partial charge on any atom is 0.234 e. The minimum absolute atomic E-state index is 0.0245. The molecule has 198 valence electrons. The fourth-order valence-corrected chi connectivity index (χ4v) is 4.96. The molecule has 0 spiro atoms. The molecule has 1 aromatic carbocycles. The first-order valence-corrected chi connectivity index (χ1v) is 13.6. The number of imidazole rings is 1. The number of rotatable bonds is 13. The first kappa shape index (κ1) is 26.8. The Balaban J connectivity index is 1.48. The van der Waals surface area contributed by atoms with Crippen LogP contribution in [0.5, 0.6) is 5.75 Å². The van der Waals surface area contributed by atoms with Gasteiger partial charge >= 0.3 is 0 Å². The predicted octanol–water partition coefficient (Wildman–Crippen LogP) is 5.21. The summed E-state index contributed by atoms with van der Waals surface area (Å²) in [6.45, 7) is 4.27. The van der Waals surface area contributed by atoms with Crippen LogP contribution in [-0.2, 0) is 9.59 Å². The van der Waals surface area contributed by atoms with E-state index in [0.29, 0.717) is 25.2 Å². The minimum atomic E-state index is -0.227. The molecule has 1 atom stereocenters. The summed E-state index contributed by atoms with van der Waals surface area (Å²) in [5.41, 5.74) is 2.37. The van der Waals surface area contributed by atoms with Crippen LogP contribution in [0.3, 0.4) is 0 Å². The van der Waals surface area contributed by atoms with Gasteiger partial charge in [-0.25, -0.2) is 9.97 Å². The lowest BCUT2D eigenvalue weighted by atomic mass is 10.0. The van der Waals surface area contributed by atoms with Crippen LogP contribution in [0.4, 0.5) is 0 Å². The van der Waals surface area contributed by atoms with Gasteiger partial charge in [-0.1, -0.05) is 38.3 Å². The lowest BCUT2D eigenvalue weighted by Gasteiger charge is -2.26. The van der Waals surface area contributed by atoms with Crippen LogP contribution in [0, 0.1) is 0 Å². The molecule has 37 heavy (non-hydrogen) atoms. The summed E-state index contributed by atoms with van der Waals surface area (Å²) >= 11 is 0. The Morgan fingerprint density at radius 3 is 2.73 bits per heavy atom. The molecular formula is C29H39N5O3. The van der Waals surface area contributed by atoms with Crippen molar-refractivity contribution in [2.45, 2.75) is 70.8 Å². The van der Waals surface area contributed by atoms with Crippen LogP contribution < -0.4 is 10.1 Å². The number of H-pyrrole nitrogens is 1. The molecule has 1 amide bonds. The van der Waals surface area contributed by atoms with Gasteiger partial charge in [0, 0.05) is 24.3 Å². The van der Waals surface area contributed by atoms with Crippen molar-refractivity contribution >= 4 is 22.6 Å². The number of aromatic nitrogens is 3. The molecular weight excluding hydrogens is 466 g/mol. The number of nitrogens with zero attached hydrogens (tertiary/aromatic N) is 3. The molecule has 0 aliphatic carbocycles. The van der Waals surface area contributed by atoms with Gasteiger partial charge in [0.2, 0.25) is 5.91 Å². The number of nitrogens with one attached hydrogen (secondary N) is 2. The topological polar surface area (TPSA) is 100 Å². The van der Waals surface area contributed by atoms with Crippen molar-refractivity contribution < 1.29 is 14.3 Å². The maximum absolute atomic E-state index is 13.0. The molecule has 3 heterocycles. The molecule has 4 rings (SSSR count). The van der Waals surface area contributed by atoms with Gasteiger partial charge in [0.25, 0.3) is 0 Å². The number of hydrogen-bond donors (Lipinski definition) is 2. The molecule has 0 unspecified atom stereocenters. The summed E-state index contributed by atoms with van der Waals surface area (Å²) in [5, 5.41) is 4.18. The maximum atomic E-state index is 13.0. The van der Waals surface area contributed by atoms with Crippen molar-refractivity contribution in [3.63, 3.8) is 0 Å². The summed E-state index contributed by atoms with van der Waals surface area (Å²) in [6, 6.07) is 9.56. The van der Waals surface area contributed by atoms with Crippen LogP contribution in [0.15, 0.2) is 36.5 Å². The number of carbonyl (C=O) groups is 2. The number of unbranched alkanes of at least 4 members (excludes halogenated alkanes) is 2. The lowest BCUT2D eigenvalue weighted by Crippen LogP contribution is -2.41. The van der Waals surface area contributed by atoms with Gasteiger partial charge in [-0.15, -0.1) is 0 Å². The smallest absolute Gasteiger partial charge is 0.234 e. The first-order valence-electron chi connectivity index (χ1n) is 13.6. The highest BCUT2D eigenvalue weighted by Crippen LogP contribution is 2.30. The summed E-state index contributed by atoms with van der Waals surface area (Å²) in [7, 11) is 1.66. The highest BCUT2D eigenvalue weighted by atomic mass is 16.5. The molecule has 8 heteroatoms. The van der Waals surface area contributed by atoms with E-state index in [2.05, 4.69) is 20.2 Å². The third-order valence-corrected chi connectivity index (χ3v) is 7.09. The fourth-order valence-electron chi connectivity index (χ4n) is 4.96. The number of ketones is 1. The van der Waals surface area contributed by atoms with E-state index in [1.807, 2.05) is 37.3 Å². The Morgan fingerprint density at radius 1 is 1.14 bits per heavy atom. The number of methoxy groups -OCH3 is 1. The van der Waals surface area contributed by atoms with E-state index in [4.69, 9.17) is 9.72 Å². The van der Waals surface area contributed by atoms with E-state index in [1.54, 1.807) is 13.3 Å². The Morgan fingerprint density at radius 2 is 1.95 bits per heavy atom. The van der Waals surface area contributed by atoms with E-state index >= 15 is 0 Å². The van der Waals surface area contributed by atoms with Gasteiger partial charge in [0.15, 0.2) is 0 Å². The second-order valence-electron chi connectivity index (χ2n) is 9.86. The van der Waals surface area contributed by atoms with Crippen LogP contribution in [0.1, 0.15) is 76.6 Å². The number of carbonyl (C=O) groups excluding carboxylic acids is 2. The van der Waals surface area contributed by atoms with Gasteiger partial charge in [-0.05, 0) is 50.9 Å². The molecule has 8 nitrogen and oxygen atoms in total. The van der Waals surface area contributed by atoms with Gasteiger partial charge in [0.1, 0.15) is 17.4 Å². The highest BCUT2D eigenvalue weighted by Gasteiger charge is 2.21. The average molecular weight is 506 g/mol. The normalized spacial score (nSPS) is 15.0. The number of amides is 1. The Kier molecular flexibility index (Phi) is 9.65. The Hall–Kier alpha value is -3.26. The Bertz CT molecular complexity index is 1190. The average Bonchev–Trinajstić information content (AvgIpc) is 3.42. The van der Waals surface area contributed by atoms with Crippen molar-refractivity contribution in [2.75, 3.05) is 26.7 Å². The van der Waals surface area contributed by atoms with Crippen LogP contribution in [0.2, 0.25) is 0 Å². The first-order chi connectivity index (χ1) is 18.1. The molecule has 1 aliphatic rings. The summed E-state index contributed by atoms with van der Waals surface area (Å²) in [6.07, 6.45) is 10.0. The lowest BCUT2D eigenvalue weighted by molar-refractivity contribution is -0.123. The largest absolute Gasteiger partial charge is 0.496 e. The van der Waals surface area contributed by atoms with Crippen LogP contribution in [0.25, 0.3) is 22.3 Å². The molecule has 0 bridgehead atoms. The molecule has 1 fully saturated rings. The van der Waals surface area contributed by atoms with Gasteiger partial charge in [-0.3, -0.25) is 14.5 Å². The number of pyridine rings is 1. The number of likely N-dealkylation sites (tertiary alicyclic amines) is 1. The molecule has 2 N–H and O–H groups in total. The molecule has 1 aliphatic heterocycles. The number of para-hydroxylation sites is 1. The van der Waals surface area contributed by atoms with Crippen molar-refractivity contribution in [3.05, 3.63) is 42.4 Å². The number of piperidine rings is 1. The van der Waals surface area contributed by atoms with Crippen molar-refractivity contribution in [1.82, 2.24) is 25.2 Å². The molecule has 3 aromatic rings. The number of aromatic amines is 1. The van der Waals surface area contributed by atoms with Gasteiger partial charge in [-0.2, -0.15) is 0 Å². The van der Waals surface area contributed by atoms with Crippen LogP contribution >= 0.6 is 0 Å². The van der Waals surface area contributed by atoms with Crippen molar-refractivity contribution in [2.24, 2.45) is 0 Å². The second-order valence-corrected chi connectivity index (χ2v) is 9.86. The van der Waals surface area contributed by atoms with Crippen molar-refractivity contribution in [1.29, 1.82) is 0 Å². The zero-order valence-corrected chi connectivity index (χ0v) is 22.1. The summed E-state index contributed by atoms with van der Waals surface area (Å²) < 4.78 is 5.61. The number of hydrogen-bond acceptors (Lipinski definition) is 6. The fraction of sp³-hybridized carbons (Fsp3) is 0.517. The summed E-state index contributed by atoms with van der Waals surface area (Å²) in [4.78, 5) is 39.7. The Labute approximate surface area is 219 Å². The summed E-state index contributed by atoms with van der Waals surface area (Å²) in [5.74, 6) is 1.81. The zero-order chi connectivity index (χ0) is 26.0. The van der Waals surface area contributed by atoms with Gasteiger partial charge in [0.05, 0.1) is 42.8 Å². The van der Waals surface area contributed by atoms with E-state index in [0.717, 1.165) is 85.5 Å². The van der Waals surface area contributed by atoms with E-state index in [9.17, 15) is 9.59 Å². The van der Waals surface area contributed by atoms with Crippen molar-refractivity contribution in [3.8, 4) is 17.1 Å². The minimum Gasteiger partial charge on any atom is -0.496 e. The molecule has 1 saturated heterocycles. The van der Waals surface area contributed by atoms with Gasteiger partial charge < -0.3 is 15.0 Å². The van der Waals surface area contributed by atoms with E-state index in [-0.39, 0.29) is 11.9 Å². The number of ether oxygens (including phenoxy) is 1. The second kappa shape index (κ2) is 13.3. The monoisotopic (exact) mass is 505 g/mol. The highest BCUT2D eigenvalue weighted by molar-refractivity contribution is 5.87. The standard InChI is InChI=1S/C29H39N5O3/c1-3-21(35)12-6-4-7-15-24(32-28(36)20-34-16-10-5-11-17-34)29-30-19-26(33-29)25-18-27(37-2)22-13-8-9-14-23(22)31-25/h8-9,13-14,18-19,24H,3-7,10-12,15-17,20H2,1-2H3,(H,30,33)(H,32,36)/t24-/m0/s1. The quantitative estimate of drug-likeness (QED) is 0.310. The number of benzene rings is 1. The van der Waals surface area contributed by atoms with E-state index in [1.165, 1.54) is 6.42 Å². The number of fused-ring (bicyclic) bond motifs is 1. The predicted molar refractivity (Wildman–Crippen MR) is 145 cm³/mol.